The van der Waals surface area contributed by atoms with E-state index in [0.29, 0.717) is 6.54 Å². The van der Waals surface area contributed by atoms with Crippen molar-refractivity contribution >= 4 is 11.7 Å². The molecular weight excluding hydrogens is 346 g/mol. The molecule has 2 aromatic carbocycles. The van der Waals surface area contributed by atoms with Gasteiger partial charge >= 0.3 is 6.03 Å². The largest absolute Gasteiger partial charge is 0.322 e. The van der Waals surface area contributed by atoms with Crippen LogP contribution in [0.25, 0.3) is 5.69 Å². The summed E-state index contributed by atoms with van der Waals surface area (Å²) in [6.45, 7) is 7.05. The summed E-state index contributed by atoms with van der Waals surface area (Å²) in [5, 5.41) is 3.18. The number of nitrogens with zero attached hydrogens (tertiary/aromatic N) is 2. The Morgan fingerprint density at radius 2 is 1.82 bits per heavy atom. The van der Waals surface area contributed by atoms with Gasteiger partial charge in [0.15, 0.2) is 0 Å². The lowest BCUT2D eigenvalue weighted by molar-refractivity contribution is 0.162. The number of para-hydroxylation sites is 2. The van der Waals surface area contributed by atoms with E-state index < -0.39 is 0 Å². The van der Waals surface area contributed by atoms with Gasteiger partial charge in [-0.25, -0.2) is 4.79 Å². The van der Waals surface area contributed by atoms with Crippen molar-refractivity contribution < 1.29 is 4.79 Å². The van der Waals surface area contributed by atoms with Crippen LogP contribution in [-0.4, -0.2) is 15.5 Å². The van der Waals surface area contributed by atoms with Gasteiger partial charge in [-0.05, 0) is 47.7 Å². The Bertz CT molecular complexity index is 989. The Kier molecular flexibility index (Phi) is 4.95. The van der Waals surface area contributed by atoms with Crippen LogP contribution in [0.4, 0.5) is 10.5 Å². The van der Waals surface area contributed by atoms with Gasteiger partial charge in [0.2, 0.25) is 0 Å². The fraction of sp³-hybridized carbons (Fsp3) is 0.292. The maximum Gasteiger partial charge on any atom is 0.322 e. The van der Waals surface area contributed by atoms with Gasteiger partial charge in [-0.3, -0.25) is 0 Å². The average molecular weight is 374 g/mol. The number of urea groups is 1. The third kappa shape index (κ3) is 3.19. The highest BCUT2D eigenvalue weighted by Gasteiger charge is 2.33. The number of benzene rings is 2. The normalized spacial score (nSPS) is 15.7. The molecule has 1 aliphatic heterocycles. The number of rotatable bonds is 3. The molecule has 0 saturated heterocycles. The van der Waals surface area contributed by atoms with Crippen molar-refractivity contribution in [2.45, 2.75) is 39.8 Å². The number of aromatic nitrogens is 1. The van der Waals surface area contributed by atoms with Crippen LogP contribution in [0.3, 0.4) is 0 Å². The lowest BCUT2D eigenvalue weighted by Gasteiger charge is -2.33. The smallest absolute Gasteiger partial charge is 0.318 e. The van der Waals surface area contributed by atoms with Crippen LogP contribution in [0.2, 0.25) is 0 Å². The Labute approximate surface area is 166 Å². The summed E-state index contributed by atoms with van der Waals surface area (Å²) in [4.78, 5) is 15.4. The summed E-state index contributed by atoms with van der Waals surface area (Å²) in [6, 6.07) is 20.5. The van der Waals surface area contributed by atoms with Crippen molar-refractivity contribution in [3.05, 3.63) is 83.7 Å². The van der Waals surface area contributed by atoms with Crippen LogP contribution < -0.4 is 5.32 Å². The van der Waals surface area contributed by atoms with E-state index >= 15 is 0 Å². The predicted octanol–water partition coefficient (Wildman–Crippen LogP) is 5.78. The molecule has 2 heterocycles. The van der Waals surface area contributed by atoms with Gasteiger partial charge in [0.05, 0.1) is 18.3 Å². The minimum Gasteiger partial charge on any atom is -0.318 e. The Morgan fingerprint density at radius 1 is 1.07 bits per heavy atom. The van der Waals surface area contributed by atoms with Gasteiger partial charge in [-0.1, -0.05) is 57.2 Å². The first-order chi connectivity index (χ1) is 13.6. The van der Waals surface area contributed by atoms with Crippen LogP contribution in [0.5, 0.6) is 0 Å². The molecule has 0 bridgehead atoms. The van der Waals surface area contributed by atoms with Crippen LogP contribution >= 0.6 is 0 Å². The van der Waals surface area contributed by atoms with E-state index in [4.69, 9.17) is 0 Å². The fourth-order valence-corrected chi connectivity index (χ4v) is 4.21. The number of hydrogen-bond donors (Lipinski definition) is 1. The molecule has 4 nitrogen and oxygen atoms in total. The van der Waals surface area contributed by atoms with E-state index in [-0.39, 0.29) is 18.0 Å². The Balaban J connectivity index is 1.76. The van der Waals surface area contributed by atoms with Crippen LogP contribution in [0.15, 0.2) is 66.9 Å². The molecule has 1 N–H and O–H groups in total. The molecule has 3 aromatic rings. The quantitative estimate of drug-likeness (QED) is 0.620. The van der Waals surface area contributed by atoms with E-state index in [0.717, 1.165) is 34.6 Å². The maximum absolute atomic E-state index is 13.5. The third-order valence-corrected chi connectivity index (χ3v) is 5.54. The van der Waals surface area contributed by atoms with E-state index in [2.05, 4.69) is 73.3 Å². The van der Waals surface area contributed by atoms with Crippen molar-refractivity contribution in [2.24, 2.45) is 5.92 Å². The molecule has 1 aliphatic rings. The topological polar surface area (TPSA) is 37.3 Å². The van der Waals surface area contributed by atoms with Gasteiger partial charge in [0, 0.05) is 17.6 Å². The number of aryl methyl sites for hydroxylation is 1. The molecule has 144 valence electrons. The maximum atomic E-state index is 13.5. The monoisotopic (exact) mass is 373 g/mol. The molecule has 0 aliphatic carbocycles. The second-order valence-electron chi connectivity index (χ2n) is 7.69. The van der Waals surface area contributed by atoms with E-state index in [1.807, 2.05) is 29.2 Å². The standard InChI is InChI=1S/C24H27N3O/c1-4-18-10-5-7-12-20(18)25-24(28)27-16-19-11-6-8-13-21(19)26-15-9-14-22(26)23(27)17(2)3/h5-15,17,23H,4,16H2,1-3H3,(H,25,28)/t23-/m0/s1. The van der Waals surface area contributed by atoms with E-state index in [9.17, 15) is 4.79 Å². The molecule has 28 heavy (non-hydrogen) atoms. The van der Waals surface area contributed by atoms with Gasteiger partial charge in [-0.15, -0.1) is 0 Å². The zero-order valence-corrected chi connectivity index (χ0v) is 16.7. The van der Waals surface area contributed by atoms with Crippen molar-refractivity contribution in [1.29, 1.82) is 0 Å². The second kappa shape index (κ2) is 7.55. The minimum atomic E-state index is -0.0518. The van der Waals surface area contributed by atoms with Crippen molar-refractivity contribution in [3.8, 4) is 5.69 Å². The fourth-order valence-electron chi connectivity index (χ4n) is 4.21. The lowest BCUT2D eigenvalue weighted by atomic mass is 9.99. The summed E-state index contributed by atoms with van der Waals surface area (Å²) in [5.41, 5.74) is 5.50. The zero-order chi connectivity index (χ0) is 19.7. The highest BCUT2D eigenvalue weighted by molar-refractivity contribution is 5.90. The first kappa shape index (κ1) is 18.4. The number of amides is 2. The molecule has 2 amide bonds. The first-order valence-electron chi connectivity index (χ1n) is 10.0. The third-order valence-electron chi connectivity index (χ3n) is 5.54. The number of hydrogen-bond acceptors (Lipinski definition) is 1. The van der Waals surface area contributed by atoms with Crippen LogP contribution in [-0.2, 0) is 13.0 Å². The summed E-state index contributed by atoms with van der Waals surface area (Å²) in [7, 11) is 0. The second-order valence-corrected chi connectivity index (χ2v) is 7.69. The predicted molar refractivity (Wildman–Crippen MR) is 114 cm³/mol. The summed E-state index contributed by atoms with van der Waals surface area (Å²) >= 11 is 0. The summed E-state index contributed by atoms with van der Waals surface area (Å²) in [5.74, 6) is 0.287. The SMILES string of the molecule is CCc1ccccc1NC(=O)N1Cc2ccccc2-n2cccc2[C@@H]1C(C)C. The Morgan fingerprint density at radius 3 is 2.61 bits per heavy atom. The molecule has 4 heteroatoms. The Hall–Kier alpha value is -3.01. The van der Waals surface area contributed by atoms with Crippen molar-refractivity contribution in [1.82, 2.24) is 9.47 Å². The van der Waals surface area contributed by atoms with Gasteiger partial charge < -0.3 is 14.8 Å². The number of carbonyl (C=O) groups is 1. The highest BCUT2D eigenvalue weighted by Crippen LogP contribution is 2.37. The molecule has 0 radical (unpaired) electrons. The first-order valence-corrected chi connectivity index (χ1v) is 10.0. The van der Waals surface area contributed by atoms with Crippen molar-refractivity contribution in [3.63, 3.8) is 0 Å². The number of anilines is 1. The number of nitrogens with one attached hydrogen (secondary N) is 1. The number of carbonyl (C=O) groups excluding carboxylic acids is 1. The molecule has 0 spiro atoms. The molecule has 0 unspecified atom stereocenters. The molecule has 0 fully saturated rings. The van der Waals surface area contributed by atoms with Crippen LogP contribution in [0, 0.1) is 5.92 Å². The van der Waals surface area contributed by atoms with E-state index in [1.54, 1.807) is 0 Å². The summed E-state index contributed by atoms with van der Waals surface area (Å²) in [6.07, 6.45) is 2.98. The average Bonchev–Trinajstić information content (AvgIpc) is 3.11. The van der Waals surface area contributed by atoms with Crippen molar-refractivity contribution in [2.75, 3.05) is 5.32 Å². The molecular formula is C24H27N3O. The molecule has 1 aromatic heterocycles. The number of fused-ring (bicyclic) bond motifs is 3. The van der Waals surface area contributed by atoms with Gasteiger partial charge in [0.1, 0.15) is 0 Å². The lowest BCUT2D eigenvalue weighted by Crippen LogP contribution is -2.39. The molecule has 0 saturated carbocycles. The summed E-state index contributed by atoms with van der Waals surface area (Å²) < 4.78 is 2.23. The minimum absolute atomic E-state index is 0.00353. The molecule has 4 rings (SSSR count). The van der Waals surface area contributed by atoms with Crippen LogP contribution in [0.1, 0.15) is 43.6 Å². The zero-order valence-electron chi connectivity index (χ0n) is 16.7. The highest BCUT2D eigenvalue weighted by atomic mass is 16.2. The molecule has 1 atom stereocenters. The van der Waals surface area contributed by atoms with Gasteiger partial charge in [-0.2, -0.15) is 0 Å². The van der Waals surface area contributed by atoms with Gasteiger partial charge in [0.25, 0.3) is 0 Å². The van der Waals surface area contributed by atoms with E-state index in [1.165, 1.54) is 0 Å².